The van der Waals surface area contributed by atoms with Crippen LogP contribution in [0.2, 0.25) is 0 Å². The number of carbonyl (C=O) groups excluding carboxylic acids is 1. The van der Waals surface area contributed by atoms with Gasteiger partial charge in [0.2, 0.25) is 10.0 Å². The number of hydrogen-bond donors (Lipinski definition) is 1. The Labute approximate surface area is 159 Å². The molecule has 1 aromatic rings. The largest absolute Gasteiger partial charge is 0.480 e. The van der Waals surface area contributed by atoms with E-state index in [0.717, 1.165) is 25.7 Å². The number of aromatic nitrogens is 1. The van der Waals surface area contributed by atoms with Crippen LogP contribution in [0, 0.1) is 5.92 Å². The predicted octanol–water partition coefficient (Wildman–Crippen LogP) is 1.52. The number of sulfonamides is 1. The number of carboxylic acids is 1. The Hall–Kier alpha value is -1.87. The third-order valence-electron chi connectivity index (χ3n) is 5.51. The van der Waals surface area contributed by atoms with Crippen molar-refractivity contribution < 1.29 is 23.1 Å². The summed E-state index contributed by atoms with van der Waals surface area (Å²) in [5.74, 6) is -1.14. The highest BCUT2D eigenvalue weighted by molar-refractivity contribution is 7.89. The molecule has 2 saturated heterocycles. The summed E-state index contributed by atoms with van der Waals surface area (Å²) < 4.78 is 28.9. The molecule has 0 radical (unpaired) electrons. The smallest absolute Gasteiger partial charge is 0.326 e. The van der Waals surface area contributed by atoms with Crippen molar-refractivity contribution in [2.24, 2.45) is 13.0 Å². The van der Waals surface area contributed by atoms with Crippen molar-refractivity contribution in [1.82, 2.24) is 13.8 Å². The molecule has 2 aliphatic rings. The minimum absolute atomic E-state index is 0.0892. The minimum Gasteiger partial charge on any atom is -0.480 e. The lowest BCUT2D eigenvalue weighted by atomic mass is 10.0. The van der Waals surface area contributed by atoms with Crippen molar-refractivity contribution in [3.63, 3.8) is 0 Å². The van der Waals surface area contributed by atoms with Crippen LogP contribution >= 0.6 is 0 Å². The van der Waals surface area contributed by atoms with E-state index in [1.807, 2.05) is 6.92 Å². The fourth-order valence-electron chi connectivity index (χ4n) is 3.98. The van der Waals surface area contributed by atoms with Crippen LogP contribution < -0.4 is 0 Å². The van der Waals surface area contributed by atoms with Crippen molar-refractivity contribution >= 4 is 21.9 Å². The molecule has 9 heteroatoms. The molecule has 1 N–H and O–H groups in total. The molecule has 0 aliphatic carbocycles. The van der Waals surface area contributed by atoms with Gasteiger partial charge >= 0.3 is 5.97 Å². The van der Waals surface area contributed by atoms with Gasteiger partial charge in [-0.15, -0.1) is 0 Å². The van der Waals surface area contributed by atoms with E-state index >= 15 is 0 Å². The molecule has 0 spiro atoms. The fraction of sp³-hybridized carbons (Fsp3) is 0.667. The quantitative estimate of drug-likeness (QED) is 0.830. The molecule has 2 fully saturated rings. The van der Waals surface area contributed by atoms with Gasteiger partial charge in [-0.2, -0.15) is 4.31 Å². The lowest BCUT2D eigenvalue weighted by molar-refractivity contribution is -0.143. The molecule has 1 aromatic heterocycles. The zero-order chi connectivity index (χ0) is 19.8. The summed E-state index contributed by atoms with van der Waals surface area (Å²) in [5.41, 5.74) is 0.201. The maximum Gasteiger partial charge on any atom is 0.326 e. The number of nitrogens with zero attached hydrogens (tertiary/aromatic N) is 3. The Morgan fingerprint density at radius 3 is 2.56 bits per heavy atom. The molecule has 0 saturated carbocycles. The molecule has 27 heavy (non-hydrogen) atoms. The lowest BCUT2D eigenvalue weighted by Crippen LogP contribution is -2.48. The summed E-state index contributed by atoms with van der Waals surface area (Å²) in [5, 5.41) is 9.40. The molecular weight excluding hydrogens is 370 g/mol. The number of likely N-dealkylation sites (tertiary alicyclic amines) is 1. The molecule has 0 bridgehead atoms. The second-order valence-corrected chi connectivity index (χ2v) is 9.57. The van der Waals surface area contributed by atoms with E-state index in [0.29, 0.717) is 32.0 Å². The molecule has 2 aliphatic heterocycles. The van der Waals surface area contributed by atoms with Crippen molar-refractivity contribution in [1.29, 1.82) is 0 Å². The standard InChI is InChI=1S/C18H27N3O5S/c1-13-6-5-8-20(11-13)27(25,26)14-10-16(19(2)12-14)17(22)21-9-4-3-7-15(21)18(23)24/h10,12-13,15H,3-9,11H2,1-2H3,(H,23,24). The van der Waals surface area contributed by atoms with Crippen molar-refractivity contribution in [3.8, 4) is 0 Å². The highest BCUT2D eigenvalue weighted by Gasteiger charge is 2.35. The third-order valence-corrected chi connectivity index (χ3v) is 7.34. The number of hydrogen-bond acceptors (Lipinski definition) is 4. The number of carboxylic acid groups (broad SMARTS) is 1. The van der Waals surface area contributed by atoms with E-state index in [9.17, 15) is 23.1 Å². The minimum atomic E-state index is -3.67. The molecule has 0 aromatic carbocycles. The maximum absolute atomic E-state index is 13.0. The normalized spacial score (nSPS) is 24.7. The van der Waals surface area contributed by atoms with E-state index in [2.05, 4.69) is 0 Å². The zero-order valence-electron chi connectivity index (χ0n) is 15.8. The summed E-state index contributed by atoms with van der Waals surface area (Å²) in [6.07, 6.45) is 5.21. The van der Waals surface area contributed by atoms with E-state index < -0.39 is 27.9 Å². The predicted molar refractivity (Wildman–Crippen MR) is 98.9 cm³/mol. The summed E-state index contributed by atoms with van der Waals surface area (Å²) in [7, 11) is -2.05. The average Bonchev–Trinajstić information content (AvgIpc) is 3.03. The van der Waals surface area contributed by atoms with Crippen LogP contribution in [0.25, 0.3) is 0 Å². The lowest BCUT2D eigenvalue weighted by Gasteiger charge is -2.32. The van der Waals surface area contributed by atoms with Crippen molar-refractivity contribution in [3.05, 3.63) is 18.0 Å². The van der Waals surface area contributed by atoms with E-state index in [-0.39, 0.29) is 10.6 Å². The Kier molecular flexibility index (Phi) is 5.62. The topological polar surface area (TPSA) is 99.9 Å². The van der Waals surface area contributed by atoms with Gasteiger partial charge in [0.1, 0.15) is 16.6 Å². The van der Waals surface area contributed by atoms with Gasteiger partial charge < -0.3 is 14.6 Å². The van der Waals surface area contributed by atoms with Crippen LogP contribution in [0.5, 0.6) is 0 Å². The first kappa shape index (κ1) is 19.9. The number of rotatable bonds is 4. The number of amides is 1. The van der Waals surface area contributed by atoms with Gasteiger partial charge in [-0.05, 0) is 44.1 Å². The highest BCUT2D eigenvalue weighted by Crippen LogP contribution is 2.26. The number of piperidine rings is 2. The SMILES string of the molecule is CC1CCCN(S(=O)(=O)c2cc(C(=O)N3CCCCC3C(=O)O)n(C)c2)C1. The Morgan fingerprint density at radius 1 is 1.15 bits per heavy atom. The summed E-state index contributed by atoms with van der Waals surface area (Å²) in [6.45, 7) is 3.36. The van der Waals surface area contributed by atoms with Gasteiger partial charge in [-0.1, -0.05) is 6.92 Å². The van der Waals surface area contributed by atoms with Crippen LogP contribution in [-0.4, -0.2) is 64.8 Å². The Morgan fingerprint density at radius 2 is 1.89 bits per heavy atom. The number of carbonyl (C=O) groups is 2. The first-order valence-corrected chi connectivity index (χ1v) is 10.9. The van der Waals surface area contributed by atoms with Gasteiger partial charge in [0.15, 0.2) is 0 Å². The van der Waals surface area contributed by atoms with Crippen molar-refractivity contribution in [2.75, 3.05) is 19.6 Å². The van der Waals surface area contributed by atoms with E-state index in [4.69, 9.17) is 0 Å². The molecule has 3 rings (SSSR count). The van der Waals surface area contributed by atoms with E-state index in [1.165, 1.54) is 26.0 Å². The number of aliphatic carboxylic acids is 1. The first-order chi connectivity index (χ1) is 12.7. The van der Waals surface area contributed by atoms with Gasteiger partial charge in [-0.25, -0.2) is 13.2 Å². The summed E-state index contributed by atoms with van der Waals surface area (Å²) in [4.78, 5) is 25.9. The first-order valence-electron chi connectivity index (χ1n) is 9.42. The van der Waals surface area contributed by atoms with E-state index in [1.54, 1.807) is 7.05 Å². The van der Waals surface area contributed by atoms with Crippen LogP contribution in [-0.2, 0) is 21.9 Å². The third kappa shape index (κ3) is 3.89. The summed E-state index contributed by atoms with van der Waals surface area (Å²) >= 11 is 0. The summed E-state index contributed by atoms with van der Waals surface area (Å²) in [6, 6.07) is 0.522. The Balaban J connectivity index is 1.87. The number of aryl methyl sites for hydroxylation is 1. The Bertz CT molecular complexity index is 832. The molecule has 150 valence electrons. The van der Waals surface area contributed by atoms with Crippen LogP contribution in [0.15, 0.2) is 17.2 Å². The maximum atomic E-state index is 13.0. The second-order valence-electron chi connectivity index (χ2n) is 7.63. The van der Waals surface area contributed by atoms with Gasteiger partial charge in [0, 0.05) is 32.9 Å². The van der Waals surface area contributed by atoms with Gasteiger partial charge in [0.25, 0.3) is 5.91 Å². The van der Waals surface area contributed by atoms with Crippen LogP contribution in [0.3, 0.4) is 0 Å². The fourth-order valence-corrected chi connectivity index (χ4v) is 5.65. The van der Waals surface area contributed by atoms with Crippen LogP contribution in [0.1, 0.15) is 49.5 Å². The molecule has 2 atom stereocenters. The highest BCUT2D eigenvalue weighted by atomic mass is 32.2. The average molecular weight is 397 g/mol. The monoisotopic (exact) mass is 397 g/mol. The van der Waals surface area contributed by atoms with Gasteiger partial charge in [-0.3, -0.25) is 4.79 Å². The van der Waals surface area contributed by atoms with Gasteiger partial charge in [0.05, 0.1) is 0 Å². The molecular formula is C18H27N3O5S. The molecule has 1 amide bonds. The molecule has 8 nitrogen and oxygen atoms in total. The van der Waals surface area contributed by atoms with Crippen molar-refractivity contribution in [2.45, 2.75) is 50.0 Å². The molecule has 3 heterocycles. The second kappa shape index (κ2) is 7.63. The molecule has 2 unspecified atom stereocenters. The van der Waals surface area contributed by atoms with Crippen LogP contribution in [0.4, 0.5) is 0 Å². The zero-order valence-corrected chi connectivity index (χ0v) is 16.6.